The first kappa shape index (κ1) is 12.5. The van der Waals surface area contributed by atoms with Crippen molar-refractivity contribution in [3.8, 4) is 0 Å². The third-order valence-corrected chi connectivity index (χ3v) is 3.43. The molecule has 0 atom stereocenters. The molecular formula is C13H14Cl2N2. The van der Waals surface area contributed by atoms with Gasteiger partial charge in [0.1, 0.15) is 0 Å². The van der Waals surface area contributed by atoms with Gasteiger partial charge in [-0.15, -0.1) is 0 Å². The van der Waals surface area contributed by atoms with Crippen LogP contribution in [0.15, 0.2) is 30.7 Å². The Balaban J connectivity index is 1.82. The molecule has 0 aliphatic rings. The molecule has 0 spiro atoms. The van der Waals surface area contributed by atoms with Crippen molar-refractivity contribution in [2.45, 2.75) is 25.7 Å². The fourth-order valence-electron chi connectivity index (χ4n) is 1.81. The molecule has 0 fully saturated rings. The van der Waals surface area contributed by atoms with Gasteiger partial charge in [-0.2, -0.15) is 0 Å². The quantitative estimate of drug-likeness (QED) is 0.806. The topological polar surface area (TPSA) is 28.7 Å². The number of aryl methyl sites for hydroxylation is 1. The zero-order valence-electron chi connectivity index (χ0n) is 9.42. The van der Waals surface area contributed by atoms with Crippen LogP contribution in [0.5, 0.6) is 0 Å². The molecule has 1 aromatic carbocycles. The smallest absolute Gasteiger partial charge is 0.0923 e. The Morgan fingerprint density at radius 2 is 1.76 bits per heavy atom. The molecule has 0 radical (unpaired) electrons. The van der Waals surface area contributed by atoms with Crippen molar-refractivity contribution in [1.29, 1.82) is 0 Å². The lowest BCUT2D eigenvalue weighted by Crippen LogP contribution is -1.91. The van der Waals surface area contributed by atoms with Gasteiger partial charge in [-0.05, 0) is 43.4 Å². The number of halogens is 2. The molecule has 2 rings (SSSR count). The molecule has 1 heterocycles. The number of nitrogens with one attached hydrogen (secondary N) is 1. The van der Waals surface area contributed by atoms with E-state index in [4.69, 9.17) is 23.2 Å². The average molecular weight is 269 g/mol. The van der Waals surface area contributed by atoms with Crippen LogP contribution in [0.3, 0.4) is 0 Å². The van der Waals surface area contributed by atoms with Crippen LogP contribution in [0.2, 0.25) is 10.0 Å². The van der Waals surface area contributed by atoms with Crippen molar-refractivity contribution in [1.82, 2.24) is 9.97 Å². The van der Waals surface area contributed by atoms with Crippen molar-refractivity contribution in [3.63, 3.8) is 0 Å². The fraction of sp³-hybridized carbons (Fsp3) is 0.308. The number of rotatable bonds is 5. The Kier molecular flexibility index (Phi) is 4.46. The Morgan fingerprint density at radius 3 is 2.41 bits per heavy atom. The van der Waals surface area contributed by atoms with Gasteiger partial charge in [0.2, 0.25) is 0 Å². The number of nitrogens with zero attached hydrogens (tertiary/aromatic N) is 1. The van der Waals surface area contributed by atoms with Gasteiger partial charge >= 0.3 is 0 Å². The summed E-state index contributed by atoms with van der Waals surface area (Å²) in [5, 5.41) is 1.52. The molecule has 0 bridgehead atoms. The van der Waals surface area contributed by atoms with Crippen LogP contribution >= 0.6 is 23.2 Å². The normalized spacial score (nSPS) is 10.7. The Labute approximate surface area is 111 Å². The number of benzene rings is 1. The Hall–Kier alpha value is -0.990. The maximum atomic E-state index is 6.11. The molecule has 4 heteroatoms. The van der Waals surface area contributed by atoms with E-state index in [0.29, 0.717) is 0 Å². The lowest BCUT2D eigenvalue weighted by atomic mass is 10.1. The van der Waals surface area contributed by atoms with E-state index in [0.717, 1.165) is 47.0 Å². The Morgan fingerprint density at radius 1 is 1.06 bits per heavy atom. The predicted octanol–water partition coefficient (Wildman–Crippen LogP) is 4.28. The summed E-state index contributed by atoms with van der Waals surface area (Å²) in [7, 11) is 0. The molecule has 0 amide bonds. The third-order valence-electron chi connectivity index (χ3n) is 2.73. The SMILES string of the molecule is Clc1cccc(Cl)c1CCCCc1c[nH]cn1. The van der Waals surface area contributed by atoms with Crippen molar-refractivity contribution in [3.05, 3.63) is 52.0 Å². The number of H-pyrrole nitrogens is 1. The van der Waals surface area contributed by atoms with Gasteiger partial charge in [0, 0.05) is 16.2 Å². The first-order chi connectivity index (χ1) is 8.27. The maximum absolute atomic E-state index is 6.11. The second-order valence-electron chi connectivity index (χ2n) is 3.97. The van der Waals surface area contributed by atoms with Crippen molar-refractivity contribution >= 4 is 23.2 Å². The standard InChI is InChI=1S/C13H14Cl2N2/c14-12-6-3-7-13(15)11(12)5-2-1-4-10-8-16-9-17-10/h3,6-9H,1-2,4-5H2,(H,16,17). The number of unbranched alkanes of at least 4 members (excludes halogenated alkanes) is 1. The van der Waals surface area contributed by atoms with Gasteiger partial charge in [0.25, 0.3) is 0 Å². The minimum atomic E-state index is 0.761. The summed E-state index contributed by atoms with van der Waals surface area (Å²) < 4.78 is 0. The van der Waals surface area contributed by atoms with E-state index >= 15 is 0 Å². The van der Waals surface area contributed by atoms with E-state index < -0.39 is 0 Å². The second kappa shape index (κ2) is 6.08. The van der Waals surface area contributed by atoms with Gasteiger partial charge in [-0.3, -0.25) is 0 Å². The highest BCUT2D eigenvalue weighted by Crippen LogP contribution is 2.25. The van der Waals surface area contributed by atoms with Crippen LogP contribution in [0, 0.1) is 0 Å². The lowest BCUT2D eigenvalue weighted by molar-refractivity contribution is 0.725. The van der Waals surface area contributed by atoms with Crippen LogP contribution in [-0.4, -0.2) is 9.97 Å². The lowest BCUT2D eigenvalue weighted by Gasteiger charge is -2.06. The molecule has 1 aromatic heterocycles. The monoisotopic (exact) mass is 268 g/mol. The molecule has 0 aliphatic heterocycles. The highest BCUT2D eigenvalue weighted by molar-refractivity contribution is 6.35. The molecule has 0 aliphatic carbocycles. The van der Waals surface area contributed by atoms with E-state index in [1.54, 1.807) is 6.33 Å². The van der Waals surface area contributed by atoms with Gasteiger partial charge < -0.3 is 4.98 Å². The van der Waals surface area contributed by atoms with Gasteiger partial charge in [0.05, 0.1) is 12.0 Å². The van der Waals surface area contributed by atoms with E-state index in [1.165, 1.54) is 0 Å². The van der Waals surface area contributed by atoms with Crippen LogP contribution in [0.1, 0.15) is 24.1 Å². The summed E-state index contributed by atoms with van der Waals surface area (Å²) in [6.45, 7) is 0. The highest BCUT2D eigenvalue weighted by Gasteiger charge is 2.05. The zero-order valence-corrected chi connectivity index (χ0v) is 10.9. The molecule has 1 N–H and O–H groups in total. The van der Waals surface area contributed by atoms with Gasteiger partial charge in [-0.1, -0.05) is 29.3 Å². The predicted molar refractivity (Wildman–Crippen MR) is 71.7 cm³/mol. The molecular weight excluding hydrogens is 255 g/mol. The van der Waals surface area contributed by atoms with Crippen LogP contribution in [0.25, 0.3) is 0 Å². The summed E-state index contributed by atoms with van der Waals surface area (Å²) in [6, 6.07) is 5.64. The minimum absolute atomic E-state index is 0.761. The fourth-order valence-corrected chi connectivity index (χ4v) is 2.39. The maximum Gasteiger partial charge on any atom is 0.0923 e. The first-order valence-electron chi connectivity index (χ1n) is 5.68. The number of aromatic amines is 1. The number of aromatic nitrogens is 2. The molecule has 2 aromatic rings. The first-order valence-corrected chi connectivity index (χ1v) is 6.43. The Bertz CT molecular complexity index is 446. The van der Waals surface area contributed by atoms with Crippen LogP contribution < -0.4 is 0 Å². The van der Waals surface area contributed by atoms with E-state index in [2.05, 4.69) is 9.97 Å². The summed E-state index contributed by atoms with van der Waals surface area (Å²) in [5.74, 6) is 0. The van der Waals surface area contributed by atoms with Crippen molar-refractivity contribution in [2.75, 3.05) is 0 Å². The van der Waals surface area contributed by atoms with Gasteiger partial charge in [-0.25, -0.2) is 4.98 Å². The molecule has 0 saturated carbocycles. The van der Waals surface area contributed by atoms with Gasteiger partial charge in [0.15, 0.2) is 0 Å². The average Bonchev–Trinajstić information content (AvgIpc) is 2.80. The van der Waals surface area contributed by atoms with Crippen molar-refractivity contribution < 1.29 is 0 Å². The van der Waals surface area contributed by atoms with Crippen LogP contribution in [0.4, 0.5) is 0 Å². The number of hydrogen-bond donors (Lipinski definition) is 1. The number of imidazole rings is 1. The molecule has 90 valence electrons. The molecule has 0 saturated heterocycles. The molecule has 17 heavy (non-hydrogen) atoms. The number of hydrogen-bond acceptors (Lipinski definition) is 1. The highest BCUT2D eigenvalue weighted by atomic mass is 35.5. The van der Waals surface area contributed by atoms with Crippen molar-refractivity contribution in [2.24, 2.45) is 0 Å². The van der Waals surface area contributed by atoms with E-state index in [1.807, 2.05) is 24.4 Å². The summed E-state index contributed by atoms with van der Waals surface area (Å²) in [6.07, 6.45) is 7.71. The zero-order chi connectivity index (χ0) is 12.1. The molecule has 0 unspecified atom stereocenters. The second-order valence-corrected chi connectivity index (χ2v) is 4.78. The van der Waals surface area contributed by atoms with Crippen LogP contribution in [-0.2, 0) is 12.8 Å². The summed E-state index contributed by atoms with van der Waals surface area (Å²) >= 11 is 12.2. The summed E-state index contributed by atoms with van der Waals surface area (Å²) in [4.78, 5) is 7.14. The minimum Gasteiger partial charge on any atom is -0.351 e. The summed E-state index contributed by atoms with van der Waals surface area (Å²) in [5.41, 5.74) is 2.16. The van der Waals surface area contributed by atoms with E-state index in [-0.39, 0.29) is 0 Å². The largest absolute Gasteiger partial charge is 0.351 e. The van der Waals surface area contributed by atoms with E-state index in [9.17, 15) is 0 Å². The third kappa shape index (κ3) is 3.48. The molecule has 2 nitrogen and oxygen atoms in total.